The summed E-state index contributed by atoms with van der Waals surface area (Å²) in [6.07, 6.45) is 7.62. The van der Waals surface area contributed by atoms with Crippen LogP contribution in [0.1, 0.15) is 47.7 Å². The lowest BCUT2D eigenvalue weighted by Crippen LogP contribution is -2.44. The van der Waals surface area contributed by atoms with E-state index in [4.69, 9.17) is 4.74 Å². The molecule has 0 radical (unpaired) electrons. The van der Waals surface area contributed by atoms with E-state index in [1.165, 1.54) is 36.2 Å². The van der Waals surface area contributed by atoms with Crippen molar-refractivity contribution < 1.29 is 9.53 Å². The van der Waals surface area contributed by atoms with E-state index in [0.29, 0.717) is 30.2 Å². The zero-order valence-electron chi connectivity index (χ0n) is 23.9. The molecule has 1 fully saturated rings. The molecule has 206 valence electrons. The number of rotatable bonds is 9. The van der Waals surface area contributed by atoms with Crippen molar-refractivity contribution in [2.75, 3.05) is 55.1 Å². The second kappa shape index (κ2) is 11.4. The van der Waals surface area contributed by atoms with E-state index in [1.807, 2.05) is 18.3 Å². The number of amides is 1. The average molecular weight is 536 g/mol. The van der Waals surface area contributed by atoms with E-state index in [2.05, 4.69) is 70.7 Å². The van der Waals surface area contributed by atoms with Crippen LogP contribution >= 0.6 is 0 Å². The number of carbonyl (C=O) groups is 1. The van der Waals surface area contributed by atoms with Crippen molar-refractivity contribution in [1.82, 2.24) is 9.88 Å². The fourth-order valence-electron chi connectivity index (χ4n) is 6.06. The van der Waals surface area contributed by atoms with Gasteiger partial charge in [0.15, 0.2) is 0 Å². The summed E-state index contributed by atoms with van der Waals surface area (Å²) in [5.74, 6) is 0.498. The van der Waals surface area contributed by atoms with Crippen molar-refractivity contribution in [3.05, 3.63) is 47.2 Å². The zero-order chi connectivity index (χ0) is 26.9. The van der Waals surface area contributed by atoms with Gasteiger partial charge in [-0.1, -0.05) is 19.6 Å². The number of nitrogens with zero attached hydrogens (tertiary/aromatic N) is 4. The molecule has 1 amide bonds. The fourth-order valence-corrected chi connectivity index (χ4v) is 6.81. The van der Waals surface area contributed by atoms with Crippen molar-refractivity contribution in [3.63, 3.8) is 0 Å². The van der Waals surface area contributed by atoms with E-state index < -0.39 is 8.07 Å². The molecule has 1 aromatic carbocycles. The first-order valence-corrected chi connectivity index (χ1v) is 18.1. The van der Waals surface area contributed by atoms with Crippen LogP contribution in [0.15, 0.2) is 30.5 Å². The second-order valence-electron chi connectivity index (χ2n) is 12.7. The maximum Gasteiger partial charge on any atom is 0.256 e. The molecule has 3 aliphatic heterocycles. The number of hydrogen-bond acceptors (Lipinski definition) is 6. The molecular formula is C30H45N5O2Si. The molecule has 2 atom stereocenters. The Morgan fingerprint density at radius 1 is 1.13 bits per heavy atom. The van der Waals surface area contributed by atoms with Gasteiger partial charge < -0.3 is 19.9 Å². The maximum atomic E-state index is 13.2. The normalized spacial score (nSPS) is 21.5. The summed E-state index contributed by atoms with van der Waals surface area (Å²) in [6, 6.07) is 10.3. The first kappa shape index (κ1) is 27.2. The van der Waals surface area contributed by atoms with Crippen LogP contribution in [-0.2, 0) is 17.6 Å². The molecule has 38 heavy (non-hydrogen) atoms. The maximum absolute atomic E-state index is 13.2. The van der Waals surface area contributed by atoms with E-state index in [9.17, 15) is 4.79 Å². The number of likely N-dealkylation sites (tertiary alicyclic amines) is 1. The molecule has 0 aliphatic carbocycles. The number of hydrogen-bond donors (Lipinski definition) is 1. The van der Waals surface area contributed by atoms with Crippen LogP contribution in [0.3, 0.4) is 0 Å². The Morgan fingerprint density at radius 2 is 1.97 bits per heavy atom. The molecule has 1 saturated heterocycles. The summed E-state index contributed by atoms with van der Waals surface area (Å²) in [4.78, 5) is 25.1. The number of aromatic nitrogens is 1. The number of carbonyl (C=O) groups excluding carboxylic acids is 1. The number of anilines is 3. The van der Waals surface area contributed by atoms with Crippen molar-refractivity contribution >= 4 is 31.2 Å². The average Bonchev–Trinajstić information content (AvgIpc) is 3.43. The first-order valence-electron chi connectivity index (χ1n) is 14.4. The highest BCUT2D eigenvalue weighted by molar-refractivity contribution is 6.76. The third-order valence-corrected chi connectivity index (χ3v) is 10.2. The Labute approximate surface area is 229 Å². The molecule has 2 aromatic rings. The van der Waals surface area contributed by atoms with Crippen LogP contribution in [0.5, 0.6) is 0 Å². The van der Waals surface area contributed by atoms with Gasteiger partial charge >= 0.3 is 0 Å². The number of fused-ring (bicyclic) bond motifs is 2. The van der Waals surface area contributed by atoms with Crippen LogP contribution in [0.2, 0.25) is 25.7 Å². The van der Waals surface area contributed by atoms with Crippen LogP contribution in [0.4, 0.5) is 17.2 Å². The lowest BCUT2D eigenvalue weighted by molar-refractivity contribution is 0.102. The van der Waals surface area contributed by atoms with E-state index in [1.54, 1.807) is 0 Å². The van der Waals surface area contributed by atoms with Crippen molar-refractivity contribution in [1.29, 1.82) is 0 Å². The van der Waals surface area contributed by atoms with Crippen molar-refractivity contribution in [3.8, 4) is 0 Å². The molecule has 7 nitrogen and oxygen atoms in total. The smallest absolute Gasteiger partial charge is 0.256 e. The Hall–Kier alpha value is -2.42. The van der Waals surface area contributed by atoms with E-state index in [0.717, 1.165) is 50.7 Å². The van der Waals surface area contributed by atoms with E-state index in [-0.39, 0.29) is 5.91 Å². The van der Waals surface area contributed by atoms with Gasteiger partial charge in [-0.2, -0.15) is 0 Å². The molecule has 3 aliphatic rings. The molecular weight excluding hydrogens is 490 g/mol. The van der Waals surface area contributed by atoms with Gasteiger partial charge in [-0.3, -0.25) is 9.69 Å². The summed E-state index contributed by atoms with van der Waals surface area (Å²) in [7, 11) is 0.969. The Morgan fingerprint density at radius 3 is 2.74 bits per heavy atom. The quantitative estimate of drug-likeness (QED) is 0.350. The van der Waals surface area contributed by atoms with Gasteiger partial charge in [0.1, 0.15) is 12.5 Å². The Balaban J connectivity index is 1.31. The van der Waals surface area contributed by atoms with Crippen LogP contribution in [-0.4, -0.2) is 76.0 Å². The fraction of sp³-hybridized carbons (Fsp3) is 0.600. The summed E-state index contributed by atoms with van der Waals surface area (Å²) in [5.41, 5.74) is 5.55. The number of nitrogens with one attached hydrogen (secondary N) is 1. The molecule has 0 spiro atoms. The molecule has 0 saturated carbocycles. The SMILES string of the molecule is C[C@H]1CCCN1CC1Cc2cnc(NC(=O)c3ccc4c(c3)CCCN4C)cc2N1COCC[Si](C)(C)C. The predicted molar refractivity (Wildman–Crippen MR) is 159 cm³/mol. The Bertz CT molecular complexity index is 1150. The summed E-state index contributed by atoms with van der Waals surface area (Å²) >= 11 is 0. The molecule has 8 heteroatoms. The number of ether oxygens (including phenoxy) is 1. The van der Waals surface area contributed by atoms with Crippen LogP contribution < -0.4 is 15.1 Å². The lowest BCUT2D eigenvalue weighted by Gasteiger charge is -2.32. The van der Waals surface area contributed by atoms with Gasteiger partial charge in [0.25, 0.3) is 5.91 Å². The third-order valence-electron chi connectivity index (χ3n) is 8.46. The monoisotopic (exact) mass is 535 g/mol. The largest absolute Gasteiger partial charge is 0.374 e. The molecule has 4 heterocycles. The molecule has 1 N–H and O–H groups in total. The third kappa shape index (κ3) is 6.24. The first-order chi connectivity index (χ1) is 18.2. The van der Waals surface area contributed by atoms with Crippen LogP contribution in [0, 0.1) is 0 Å². The van der Waals surface area contributed by atoms with Crippen LogP contribution in [0.25, 0.3) is 0 Å². The molecule has 1 unspecified atom stereocenters. The zero-order valence-corrected chi connectivity index (χ0v) is 24.9. The minimum absolute atomic E-state index is 0.105. The second-order valence-corrected chi connectivity index (χ2v) is 18.3. The lowest BCUT2D eigenvalue weighted by atomic mass is 9.99. The minimum Gasteiger partial charge on any atom is -0.374 e. The number of benzene rings is 1. The van der Waals surface area contributed by atoms with E-state index >= 15 is 0 Å². The van der Waals surface area contributed by atoms with Gasteiger partial charge in [-0.25, -0.2) is 4.98 Å². The molecule has 1 aromatic heterocycles. The highest BCUT2D eigenvalue weighted by Gasteiger charge is 2.34. The highest BCUT2D eigenvalue weighted by Crippen LogP contribution is 2.35. The highest BCUT2D eigenvalue weighted by atomic mass is 28.3. The standard InChI is InChI=1S/C30H45N5O2Si/c1-22-8-6-13-34(22)20-26-17-25-19-31-29(18-28(25)35(26)21-37-14-15-38(3,4)5)32-30(36)24-10-11-27-23(16-24)9-7-12-33(27)2/h10-11,16,18-19,22,26H,6-9,12-15,17,20-21H2,1-5H3,(H,31,32,36)/t22-,26?/m0/s1. The topological polar surface area (TPSA) is 60.9 Å². The van der Waals surface area contributed by atoms with Crippen molar-refractivity contribution in [2.24, 2.45) is 0 Å². The Kier molecular flexibility index (Phi) is 8.12. The number of pyridine rings is 1. The molecule has 5 rings (SSSR count). The van der Waals surface area contributed by atoms with Crippen molar-refractivity contribution in [2.45, 2.75) is 76.8 Å². The number of aryl methyl sites for hydroxylation is 1. The molecule has 0 bridgehead atoms. The van der Waals surface area contributed by atoms with Gasteiger partial charge in [0.2, 0.25) is 0 Å². The summed E-state index contributed by atoms with van der Waals surface area (Å²) < 4.78 is 6.25. The summed E-state index contributed by atoms with van der Waals surface area (Å²) in [6.45, 7) is 14.2. The predicted octanol–water partition coefficient (Wildman–Crippen LogP) is 5.24. The van der Waals surface area contributed by atoms with Gasteiger partial charge in [-0.15, -0.1) is 0 Å². The minimum atomic E-state index is -1.15. The van der Waals surface area contributed by atoms with Gasteiger partial charge in [0, 0.05) is 76.1 Å². The summed E-state index contributed by atoms with van der Waals surface area (Å²) in [5, 5.41) is 3.07. The van der Waals surface area contributed by atoms with Gasteiger partial charge in [-0.05, 0) is 80.9 Å². The van der Waals surface area contributed by atoms with Gasteiger partial charge in [0.05, 0.1) is 0 Å².